The molecule has 0 aliphatic carbocycles. The minimum Gasteiger partial charge on any atom is -0.385 e. The summed E-state index contributed by atoms with van der Waals surface area (Å²) in [5.41, 5.74) is 9.49. The highest BCUT2D eigenvalue weighted by atomic mass is 16.1. The van der Waals surface area contributed by atoms with Crippen molar-refractivity contribution >= 4 is 12.2 Å². The van der Waals surface area contributed by atoms with Crippen LogP contribution in [0.5, 0.6) is 0 Å². The molecule has 0 saturated carbocycles. The van der Waals surface area contributed by atoms with Crippen LogP contribution in [0.25, 0.3) is 0 Å². The second-order valence-corrected chi connectivity index (χ2v) is 5.03. The van der Waals surface area contributed by atoms with Crippen molar-refractivity contribution in [3.8, 4) is 0 Å². The molecule has 1 heterocycles. The molecule has 0 radical (unpaired) electrons. The zero-order valence-corrected chi connectivity index (χ0v) is 11.4. The number of piperidine rings is 1. The fraction of sp³-hybridized carbons (Fsp3) is 0.429. The average Bonchev–Trinajstić information content (AvgIpc) is 2.50. The smallest absolute Gasteiger partial charge is 0.209 e. The number of carbonyl (C=O) groups is 1. The van der Waals surface area contributed by atoms with Crippen molar-refractivity contribution in [2.24, 2.45) is 22.6 Å². The Kier molecular flexibility index (Phi) is 4.95. The SMILES string of the molecule is NN/N=C(\N)[C@H](c1ccccc1)C1CCN(C=O)CC1. The molecular weight excluding hydrogens is 254 g/mol. The van der Waals surface area contributed by atoms with Crippen molar-refractivity contribution in [1.29, 1.82) is 0 Å². The summed E-state index contributed by atoms with van der Waals surface area (Å²) < 4.78 is 0. The van der Waals surface area contributed by atoms with Gasteiger partial charge >= 0.3 is 0 Å². The standard InChI is InChI=1S/C14H21N5O/c15-14(17-18-16)13(11-4-2-1-3-5-11)12-6-8-19(10-20)9-7-12/h1-5,10,12-13,18H,6-9,16H2,(H2,15,17)/t13-/m1/s1. The molecule has 0 spiro atoms. The van der Waals surface area contributed by atoms with E-state index >= 15 is 0 Å². The molecule has 1 aliphatic heterocycles. The van der Waals surface area contributed by atoms with Gasteiger partial charge in [-0.05, 0) is 24.3 Å². The van der Waals surface area contributed by atoms with Crippen LogP contribution in [0.2, 0.25) is 0 Å². The Morgan fingerprint density at radius 1 is 1.35 bits per heavy atom. The van der Waals surface area contributed by atoms with Gasteiger partial charge in [-0.3, -0.25) is 4.79 Å². The van der Waals surface area contributed by atoms with E-state index in [0.29, 0.717) is 11.8 Å². The molecule has 0 aromatic heterocycles. The molecule has 0 bridgehead atoms. The third-order valence-corrected chi connectivity index (χ3v) is 3.87. The van der Waals surface area contributed by atoms with Gasteiger partial charge in [0.15, 0.2) is 0 Å². The van der Waals surface area contributed by atoms with Crippen LogP contribution in [-0.2, 0) is 4.79 Å². The summed E-state index contributed by atoms with van der Waals surface area (Å²) in [6.45, 7) is 1.53. The van der Waals surface area contributed by atoms with Crippen LogP contribution in [0.3, 0.4) is 0 Å². The summed E-state index contributed by atoms with van der Waals surface area (Å²) in [5, 5.41) is 3.95. The summed E-state index contributed by atoms with van der Waals surface area (Å²) >= 11 is 0. The van der Waals surface area contributed by atoms with Gasteiger partial charge in [0.1, 0.15) is 5.84 Å². The topological polar surface area (TPSA) is 96.7 Å². The Labute approximate surface area is 118 Å². The maximum atomic E-state index is 10.8. The van der Waals surface area contributed by atoms with E-state index < -0.39 is 0 Å². The maximum Gasteiger partial charge on any atom is 0.209 e. The number of nitrogens with one attached hydrogen (secondary N) is 1. The number of hydrazine groups is 1. The summed E-state index contributed by atoms with van der Waals surface area (Å²) in [4.78, 5) is 12.6. The molecule has 20 heavy (non-hydrogen) atoms. The molecule has 1 aromatic carbocycles. The molecule has 1 saturated heterocycles. The normalized spacial score (nSPS) is 18.6. The summed E-state index contributed by atoms with van der Waals surface area (Å²) in [6.07, 6.45) is 2.74. The zero-order valence-electron chi connectivity index (χ0n) is 11.4. The van der Waals surface area contributed by atoms with Crippen molar-refractivity contribution in [3.63, 3.8) is 0 Å². The first-order valence-electron chi connectivity index (χ1n) is 6.79. The molecular formula is C14H21N5O. The van der Waals surface area contributed by atoms with Crippen LogP contribution in [0.1, 0.15) is 24.3 Å². The van der Waals surface area contributed by atoms with Gasteiger partial charge < -0.3 is 10.6 Å². The highest BCUT2D eigenvalue weighted by Crippen LogP contribution is 2.32. The van der Waals surface area contributed by atoms with E-state index in [2.05, 4.69) is 22.8 Å². The fourth-order valence-electron chi connectivity index (χ4n) is 2.85. The van der Waals surface area contributed by atoms with Gasteiger partial charge in [-0.2, -0.15) is 5.10 Å². The predicted molar refractivity (Wildman–Crippen MR) is 78.5 cm³/mol. The Morgan fingerprint density at radius 2 is 2.00 bits per heavy atom. The number of benzene rings is 1. The van der Waals surface area contributed by atoms with Gasteiger partial charge in [0.2, 0.25) is 6.41 Å². The highest BCUT2D eigenvalue weighted by Gasteiger charge is 2.30. The van der Waals surface area contributed by atoms with Crippen molar-refractivity contribution < 1.29 is 4.79 Å². The number of rotatable bonds is 5. The largest absolute Gasteiger partial charge is 0.385 e. The third-order valence-electron chi connectivity index (χ3n) is 3.87. The molecule has 0 unspecified atom stereocenters. The van der Waals surface area contributed by atoms with Crippen molar-refractivity contribution in [1.82, 2.24) is 10.4 Å². The molecule has 108 valence electrons. The van der Waals surface area contributed by atoms with Crippen molar-refractivity contribution in [3.05, 3.63) is 35.9 Å². The first-order valence-corrected chi connectivity index (χ1v) is 6.79. The molecule has 1 fully saturated rings. The number of hydrazone groups is 1. The molecule has 5 N–H and O–H groups in total. The lowest BCUT2D eigenvalue weighted by molar-refractivity contribution is -0.119. The summed E-state index contributed by atoms with van der Waals surface area (Å²) in [7, 11) is 0. The molecule has 1 atom stereocenters. The fourth-order valence-corrected chi connectivity index (χ4v) is 2.85. The van der Waals surface area contributed by atoms with Gasteiger partial charge in [0.25, 0.3) is 0 Å². The number of nitrogens with two attached hydrogens (primary N) is 2. The number of likely N-dealkylation sites (tertiary alicyclic amines) is 1. The summed E-state index contributed by atoms with van der Waals surface area (Å²) in [6, 6.07) is 10.1. The molecule has 1 aliphatic rings. The monoisotopic (exact) mass is 275 g/mol. The van der Waals surface area contributed by atoms with Crippen LogP contribution >= 0.6 is 0 Å². The highest BCUT2D eigenvalue weighted by molar-refractivity contribution is 5.87. The Balaban J connectivity index is 2.20. The molecule has 1 aromatic rings. The van der Waals surface area contributed by atoms with Gasteiger partial charge in [-0.15, -0.1) is 0 Å². The van der Waals surface area contributed by atoms with Gasteiger partial charge in [0.05, 0.1) is 0 Å². The average molecular weight is 275 g/mol. The number of amides is 1. The van der Waals surface area contributed by atoms with E-state index in [4.69, 9.17) is 11.6 Å². The maximum absolute atomic E-state index is 10.8. The Hall–Kier alpha value is -2.08. The van der Waals surface area contributed by atoms with E-state index in [0.717, 1.165) is 37.9 Å². The number of nitrogens with zero attached hydrogens (tertiary/aromatic N) is 2. The van der Waals surface area contributed by atoms with E-state index in [1.165, 1.54) is 0 Å². The van der Waals surface area contributed by atoms with Gasteiger partial charge in [-0.25, -0.2) is 11.4 Å². The van der Waals surface area contributed by atoms with Crippen LogP contribution in [-0.4, -0.2) is 30.2 Å². The van der Waals surface area contributed by atoms with Crippen molar-refractivity contribution in [2.75, 3.05) is 13.1 Å². The minimum atomic E-state index is 0.0288. The van der Waals surface area contributed by atoms with Crippen LogP contribution in [0.4, 0.5) is 0 Å². The third kappa shape index (κ3) is 3.27. The van der Waals surface area contributed by atoms with Crippen LogP contribution in [0.15, 0.2) is 35.4 Å². The van der Waals surface area contributed by atoms with E-state index in [-0.39, 0.29) is 5.92 Å². The lowest BCUT2D eigenvalue weighted by atomic mass is 9.79. The Morgan fingerprint density at radius 3 is 2.55 bits per heavy atom. The number of carbonyl (C=O) groups excluding carboxylic acids is 1. The first-order chi connectivity index (χ1) is 9.76. The zero-order chi connectivity index (χ0) is 14.4. The minimum absolute atomic E-state index is 0.0288. The van der Waals surface area contributed by atoms with Gasteiger partial charge in [-0.1, -0.05) is 30.3 Å². The number of amidine groups is 1. The summed E-state index contributed by atoms with van der Waals surface area (Å²) in [5.74, 6) is 6.13. The quantitative estimate of drug-likeness (QED) is 0.238. The predicted octanol–water partition coefficient (Wildman–Crippen LogP) is 0.374. The van der Waals surface area contributed by atoms with E-state index in [1.54, 1.807) is 4.90 Å². The van der Waals surface area contributed by atoms with Crippen LogP contribution < -0.4 is 17.1 Å². The van der Waals surface area contributed by atoms with E-state index in [1.807, 2.05) is 18.2 Å². The van der Waals surface area contributed by atoms with Gasteiger partial charge in [0, 0.05) is 19.0 Å². The lowest BCUT2D eigenvalue weighted by Gasteiger charge is -2.34. The second kappa shape index (κ2) is 6.91. The Bertz CT molecular complexity index is 454. The molecule has 6 nitrogen and oxygen atoms in total. The second-order valence-electron chi connectivity index (χ2n) is 5.03. The van der Waals surface area contributed by atoms with Crippen molar-refractivity contribution in [2.45, 2.75) is 18.8 Å². The first kappa shape index (κ1) is 14.3. The molecule has 2 rings (SSSR count). The molecule has 1 amide bonds. The van der Waals surface area contributed by atoms with Crippen LogP contribution in [0, 0.1) is 5.92 Å². The number of hydrogen-bond acceptors (Lipinski definition) is 4. The molecule has 6 heteroatoms. The number of hydrogen-bond donors (Lipinski definition) is 3. The van der Waals surface area contributed by atoms with E-state index in [9.17, 15) is 4.79 Å². The lowest BCUT2D eigenvalue weighted by Crippen LogP contribution is -2.39.